The zero-order chi connectivity index (χ0) is 8.36. The Kier molecular flexibility index (Phi) is 10.5. The molecule has 0 spiro atoms. The first kappa shape index (κ1) is 11.3. The van der Waals surface area contributed by atoms with Gasteiger partial charge in [-0.25, -0.2) is 0 Å². The number of hydrogen-bond acceptors (Lipinski definition) is 4. The molecule has 0 aromatic carbocycles. The molecule has 0 fully saturated rings. The van der Waals surface area contributed by atoms with Gasteiger partial charge < -0.3 is 20.5 Å². The van der Waals surface area contributed by atoms with Gasteiger partial charge in [0.15, 0.2) is 9.03 Å². The lowest BCUT2D eigenvalue weighted by Crippen LogP contribution is -2.03. The fourth-order valence-electron chi connectivity index (χ4n) is 0.436. The minimum Gasteiger partial charge on any atom is -0.336 e. The van der Waals surface area contributed by atoms with E-state index in [1.54, 1.807) is 0 Å². The summed E-state index contributed by atoms with van der Waals surface area (Å²) in [5.41, 5.74) is 10.5. The van der Waals surface area contributed by atoms with E-state index in [1.807, 2.05) is 0 Å². The quantitative estimate of drug-likeness (QED) is 0.414. The fraction of sp³-hybridized carbons (Fsp3) is 1.00. The van der Waals surface area contributed by atoms with Gasteiger partial charge in [-0.3, -0.25) is 0 Å². The highest BCUT2D eigenvalue weighted by Gasteiger charge is 1.87. The van der Waals surface area contributed by atoms with Crippen LogP contribution in [-0.4, -0.2) is 26.3 Å². The van der Waals surface area contributed by atoms with Gasteiger partial charge in [0.25, 0.3) is 0 Å². The lowest BCUT2D eigenvalue weighted by atomic mass is 10.5. The molecule has 0 rings (SSSR count). The first-order valence-electron chi connectivity index (χ1n) is 3.80. The van der Waals surface area contributed by atoms with Crippen LogP contribution in [0.4, 0.5) is 0 Å². The fourth-order valence-corrected chi connectivity index (χ4v) is 0.975. The van der Waals surface area contributed by atoms with Gasteiger partial charge in [-0.2, -0.15) is 0 Å². The predicted molar refractivity (Wildman–Crippen MR) is 47.6 cm³/mol. The average Bonchev–Trinajstić information content (AvgIpc) is 2.03. The summed E-state index contributed by atoms with van der Waals surface area (Å²) in [5.74, 6) is 0. The number of rotatable bonds is 8. The summed E-state index contributed by atoms with van der Waals surface area (Å²) in [6, 6.07) is 0. The molecule has 0 saturated carbocycles. The highest BCUT2D eigenvalue weighted by Crippen LogP contribution is 2.13. The molecule has 0 aliphatic carbocycles. The summed E-state index contributed by atoms with van der Waals surface area (Å²) in [7, 11) is 0.141. The van der Waals surface area contributed by atoms with Gasteiger partial charge in [-0.05, 0) is 25.9 Å². The second kappa shape index (κ2) is 10.3. The van der Waals surface area contributed by atoms with Gasteiger partial charge in [0.2, 0.25) is 0 Å². The van der Waals surface area contributed by atoms with Crippen LogP contribution in [0.15, 0.2) is 0 Å². The number of nitrogens with two attached hydrogens (primary N) is 2. The Morgan fingerprint density at radius 3 is 1.73 bits per heavy atom. The second-order valence-corrected chi connectivity index (χ2v) is 2.81. The Morgan fingerprint density at radius 2 is 1.36 bits per heavy atom. The lowest BCUT2D eigenvalue weighted by molar-refractivity contribution is 0.263. The zero-order valence-corrected chi connectivity index (χ0v) is 7.71. The molecule has 0 aromatic rings. The summed E-state index contributed by atoms with van der Waals surface area (Å²) < 4.78 is 10.2. The van der Waals surface area contributed by atoms with Gasteiger partial charge >= 0.3 is 0 Å². The van der Waals surface area contributed by atoms with Crippen LogP contribution in [0, 0.1) is 0 Å². The zero-order valence-electron chi connectivity index (χ0n) is 6.71. The van der Waals surface area contributed by atoms with E-state index >= 15 is 0 Å². The van der Waals surface area contributed by atoms with E-state index in [0.29, 0.717) is 26.3 Å². The van der Waals surface area contributed by atoms with Crippen molar-refractivity contribution in [3.63, 3.8) is 0 Å². The van der Waals surface area contributed by atoms with Crippen LogP contribution in [0.3, 0.4) is 0 Å². The third kappa shape index (κ3) is 10.3. The molecule has 0 aliphatic rings. The van der Waals surface area contributed by atoms with Gasteiger partial charge in [0.1, 0.15) is 0 Å². The van der Waals surface area contributed by atoms with Crippen LogP contribution in [0.2, 0.25) is 0 Å². The maximum absolute atomic E-state index is 5.26. The Labute approximate surface area is 69.6 Å². The molecule has 68 valence electrons. The molecule has 0 saturated heterocycles. The van der Waals surface area contributed by atoms with Crippen LogP contribution in [0.25, 0.3) is 0 Å². The van der Waals surface area contributed by atoms with Crippen LogP contribution in [-0.2, 0) is 9.05 Å². The summed E-state index contributed by atoms with van der Waals surface area (Å²) in [6.45, 7) is 2.73. The predicted octanol–water partition coefficient (Wildman–Crippen LogP) is 0.226. The molecule has 0 atom stereocenters. The van der Waals surface area contributed by atoms with Crippen LogP contribution in [0.5, 0.6) is 0 Å². The molecule has 4 N–H and O–H groups in total. The molecule has 0 aromatic heterocycles. The van der Waals surface area contributed by atoms with E-state index in [1.165, 1.54) is 0 Å². The van der Waals surface area contributed by atoms with Crippen molar-refractivity contribution in [3.05, 3.63) is 0 Å². The molecular formula is C6H17N2O2P. The van der Waals surface area contributed by atoms with Crippen molar-refractivity contribution in [3.8, 4) is 0 Å². The summed E-state index contributed by atoms with van der Waals surface area (Å²) in [6.07, 6.45) is 1.79. The first-order valence-corrected chi connectivity index (χ1v) is 4.62. The third-order valence-electron chi connectivity index (χ3n) is 1.02. The van der Waals surface area contributed by atoms with Gasteiger partial charge in [0, 0.05) is 0 Å². The van der Waals surface area contributed by atoms with Crippen molar-refractivity contribution >= 4 is 9.03 Å². The van der Waals surface area contributed by atoms with Crippen LogP contribution < -0.4 is 11.5 Å². The maximum atomic E-state index is 5.26. The third-order valence-corrected chi connectivity index (χ3v) is 1.66. The van der Waals surface area contributed by atoms with E-state index in [9.17, 15) is 0 Å². The molecule has 5 heteroatoms. The Balaban J connectivity index is 2.69. The van der Waals surface area contributed by atoms with Crippen LogP contribution >= 0.6 is 9.03 Å². The minimum atomic E-state index is 0.141. The maximum Gasteiger partial charge on any atom is 0.155 e. The van der Waals surface area contributed by atoms with Crippen molar-refractivity contribution in [2.45, 2.75) is 12.8 Å². The monoisotopic (exact) mass is 180 g/mol. The molecule has 0 radical (unpaired) electrons. The molecule has 0 bridgehead atoms. The van der Waals surface area contributed by atoms with E-state index in [-0.39, 0.29) is 9.03 Å². The second-order valence-electron chi connectivity index (χ2n) is 2.06. The standard InChI is InChI=1S/C6H17N2O2P/c7-3-1-5-9-11-10-6-2-4-8/h11H,1-8H2. The van der Waals surface area contributed by atoms with E-state index in [4.69, 9.17) is 20.5 Å². The minimum absolute atomic E-state index is 0.141. The molecular weight excluding hydrogens is 163 g/mol. The average molecular weight is 180 g/mol. The van der Waals surface area contributed by atoms with E-state index < -0.39 is 0 Å². The SMILES string of the molecule is NCCCOPOCCCN. The first-order chi connectivity index (χ1) is 5.41. The Morgan fingerprint density at radius 1 is 0.909 bits per heavy atom. The largest absolute Gasteiger partial charge is 0.336 e. The highest BCUT2D eigenvalue weighted by molar-refractivity contribution is 7.26. The van der Waals surface area contributed by atoms with Gasteiger partial charge in [-0.15, -0.1) is 0 Å². The normalized spacial score (nSPS) is 10.4. The lowest BCUT2D eigenvalue weighted by Gasteiger charge is -2.02. The highest BCUT2D eigenvalue weighted by atomic mass is 31.1. The van der Waals surface area contributed by atoms with Gasteiger partial charge in [0.05, 0.1) is 13.2 Å². The Bertz CT molecular complexity index is 67.6. The molecule has 11 heavy (non-hydrogen) atoms. The van der Waals surface area contributed by atoms with Gasteiger partial charge in [-0.1, -0.05) is 0 Å². The van der Waals surface area contributed by atoms with Crippen LogP contribution in [0.1, 0.15) is 12.8 Å². The van der Waals surface area contributed by atoms with E-state index in [2.05, 4.69) is 0 Å². The Hall–Kier alpha value is 0.270. The van der Waals surface area contributed by atoms with E-state index in [0.717, 1.165) is 12.8 Å². The van der Waals surface area contributed by atoms with Crippen molar-refractivity contribution in [2.24, 2.45) is 11.5 Å². The molecule has 0 amide bonds. The summed E-state index contributed by atoms with van der Waals surface area (Å²) >= 11 is 0. The van der Waals surface area contributed by atoms with Crippen molar-refractivity contribution < 1.29 is 9.05 Å². The smallest absolute Gasteiger partial charge is 0.155 e. The molecule has 0 aliphatic heterocycles. The summed E-state index contributed by atoms with van der Waals surface area (Å²) in [4.78, 5) is 0. The summed E-state index contributed by atoms with van der Waals surface area (Å²) in [5, 5.41) is 0. The molecule has 4 nitrogen and oxygen atoms in total. The topological polar surface area (TPSA) is 70.5 Å². The van der Waals surface area contributed by atoms with Crippen molar-refractivity contribution in [2.75, 3.05) is 26.3 Å². The molecule has 0 unspecified atom stereocenters. The van der Waals surface area contributed by atoms with Crippen molar-refractivity contribution in [1.82, 2.24) is 0 Å². The van der Waals surface area contributed by atoms with Crippen molar-refractivity contribution in [1.29, 1.82) is 0 Å². The molecule has 0 heterocycles. The number of hydrogen-bond donors (Lipinski definition) is 2.